The highest BCUT2D eigenvalue weighted by Gasteiger charge is 2.34. The van der Waals surface area contributed by atoms with Crippen LogP contribution in [0.25, 0.3) is 10.2 Å². The van der Waals surface area contributed by atoms with E-state index in [1.54, 1.807) is 7.05 Å². The van der Waals surface area contributed by atoms with Crippen LogP contribution in [0.2, 0.25) is 0 Å². The number of pyridine rings is 1. The Balaban J connectivity index is 1.66. The maximum absolute atomic E-state index is 13.1. The van der Waals surface area contributed by atoms with Gasteiger partial charge < -0.3 is 16.0 Å². The first-order chi connectivity index (χ1) is 13.1. The summed E-state index contributed by atoms with van der Waals surface area (Å²) in [4.78, 5) is 33.2. The number of hydrogen-bond acceptors (Lipinski definition) is 5. The summed E-state index contributed by atoms with van der Waals surface area (Å²) in [5, 5.41) is 3.44. The Kier molecular flexibility index (Phi) is 5.04. The molecule has 144 valence electrons. The molecule has 0 unspecified atom stereocenters. The first kappa shape index (κ1) is 18.2. The zero-order chi connectivity index (χ0) is 19.0. The van der Waals surface area contributed by atoms with Crippen molar-refractivity contribution in [1.82, 2.24) is 15.2 Å². The quantitative estimate of drug-likeness (QED) is 0.845. The van der Waals surface area contributed by atoms with Crippen LogP contribution in [0.5, 0.6) is 0 Å². The zero-order valence-corrected chi connectivity index (χ0v) is 16.5. The van der Waals surface area contributed by atoms with E-state index in [2.05, 4.69) is 10.2 Å². The van der Waals surface area contributed by atoms with Gasteiger partial charge in [0.1, 0.15) is 9.71 Å². The standard InChI is InChI=1S/C20H26N4O2S/c1-22-18(25)17-16(21)13-9-10-14(23-19(13)27-17)15-8-4-5-11-24(15)20(26)12-6-2-3-7-12/h9-10,12,15H,2-8,11,21H2,1H3,(H,22,25)/t15-/m0/s1. The van der Waals surface area contributed by atoms with Crippen LogP contribution >= 0.6 is 11.3 Å². The Bertz CT molecular complexity index is 872. The molecule has 2 aromatic heterocycles. The summed E-state index contributed by atoms with van der Waals surface area (Å²) in [7, 11) is 1.60. The van der Waals surface area contributed by atoms with Crippen molar-refractivity contribution in [2.75, 3.05) is 19.3 Å². The van der Waals surface area contributed by atoms with Crippen molar-refractivity contribution in [2.24, 2.45) is 5.92 Å². The minimum absolute atomic E-state index is 0.0306. The lowest BCUT2D eigenvalue weighted by molar-refractivity contribution is -0.139. The number of carbonyl (C=O) groups is 2. The molecule has 6 nitrogen and oxygen atoms in total. The number of likely N-dealkylation sites (tertiary alicyclic amines) is 1. The second kappa shape index (κ2) is 7.46. The molecular weight excluding hydrogens is 360 g/mol. The number of anilines is 1. The van der Waals surface area contributed by atoms with Crippen LogP contribution in [0.15, 0.2) is 12.1 Å². The fourth-order valence-electron chi connectivity index (χ4n) is 4.39. The number of carbonyl (C=O) groups excluding carboxylic acids is 2. The van der Waals surface area contributed by atoms with E-state index >= 15 is 0 Å². The van der Waals surface area contributed by atoms with E-state index in [4.69, 9.17) is 10.7 Å². The molecule has 27 heavy (non-hydrogen) atoms. The van der Waals surface area contributed by atoms with Gasteiger partial charge in [0, 0.05) is 24.9 Å². The van der Waals surface area contributed by atoms with Gasteiger partial charge in [-0.15, -0.1) is 11.3 Å². The maximum atomic E-state index is 13.1. The van der Waals surface area contributed by atoms with Gasteiger partial charge in [-0.1, -0.05) is 12.8 Å². The Morgan fingerprint density at radius 3 is 2.67 bits per heavy atom. The number of thiophene rings is 1. The second-order valence-electron chi connectivity index (χ2n) is 7.54. The number of piperidine rings is 1. The third kappa shape index (κ3) is 3.29. The molecule has 0 aromatic carbocycles. The Hall–Kier alpha value is -2.15. The van der Waals surface area contributed by atoms with Crippen molar-refractivity contribution in [3.63, 3.8) is 0 Å². The summed E-state index contributed by atoms with van der Waals surface area (Å²) in [6.07, 6.45) is 7.47. The van der Waals surface area contributed by atoms with Gasteiger partial charge in [-0.05, 0) is 44.2 Å². The molecule has 7 heteroatoms. The van der Waals surface area contributed by atoms with Crippen LogP contribution in [0.1, 0.15) is 66.4 Å². The number of fused-ring (bicyclic) bond motifs is 1. The van der Waals surface area contributed by atoms with Crippen molar-refractivity contribution < 1.29 is 9.59 Å². The topological polar surface area (TPSA) is 88.3 Å². The Morgan fingerprint density at radius 2 is 1.93 bits per heavy atom. The minimum atomic E-state index is -0.187. The lowest BCUT2D eigenvalue weighted by atomic mass is 9.95. The predicted molar refractivity (Wildman–Crippen MR) is 108 cm³/mol. The van der Waals surface area contributed by atoms with Gasteiger partial charge in [0.05, 0.1) is 17.4 Å². The van der Waals surface area contributed by atoms with Crippen LogP contribution in [-0.2, 0) is 4.79 Å². The summed E-state index contributed by atoms with van der Waals surface area (Å²) >= 11 is 1.32. The summed E-state index contributed by atoms with van der Waals surface area (Å²) in [6, 6.07) is 3.95. The Labute approximate surface area is 163 Å². The van der Waals surface area contributed by atoms with Gasteiger partial charge in [0.25, 0.3) is 5.91 Å². The maximum Gasteiger partial charge on any atom is 0.263 e. The molecule has 1 aliphatic carbocycles. The molecule has 1 atom stereocenters. The summed E-state index contributed by atoms with van der Waals surface area (Å²) in [6.45, 7) is 0.815. The zero-order valence-electron chi connectivity index (χ0n) is 15.7. The molecule has 2 aromatic rings. The number of nitrogens with zero attached hydrogens (tertiary/aromatic N) is 2. The average Bonchev–Trinajstić information content (AvgIpc) is 3.35. The number of nitrogens with one attached hydrogen (secondary N) is 1. The summed E-state index contributed by atoms with van der Waals surface area (Å²) in [5.41, 5.74) is 7.54. The average molecular weight is 387 g/mol. The number of hydrogen-bond donors (Lipinski definition) is 2. The van der Waals surface area contributed by atoms with E-state index in [1.807, 2.05) is 12.1 Å². The molecule has 2 amide bonds. The first-order valence-corrected chi connectivity index (χ1v) is 10.6. The molecule has 1 aliphatic heterocycles. The van der Waals surface area contributed by atoms with Crippen molar-refractivity contribution in [1.29, 1.82) is 0 Å². The van der Waals surface area contributed by atoms with E-state index in [1.165, 1.54) is 11.3 Å². The van der Waals surface area contributed by atoms with E-state index in [9.17, 15) is 9.59 Å². The largest absolute Gasteiger partial charge is 0.397 e. The third-order valence-electron chi connectivity index (χ3n) is 5.88. The number of rotatable bonds is 3. The van der Waals surface area contributed by atoms with E-state index < -0.39 is 0 Å². The van der Waals surface area contributed by atoms with Crippen molar-refractivity contribution >= 4 is 39.1 Å². The van der Waals surface area contributed by atoms with E-state index in [-0.39, 0.29) is 17.9 Å². The van der Waals surface area contributed by atoms with Crippen molar-refractivity contribution in [3.05, 3.63) is 22.7 Å². The molecule has 2 aliphatic rings. The number of nitrogen functional groups attached to an aromatic ring is 1. The second-order valence-corrected chi connectivity index (χ2v) is 8.54. The Morgan fingerprint density at radius 1 is 1.19 bits per heavy atom. The normalized spacial score (nSPS) is 20.9. The van der Waals surface area contributed by atoms with Crippen LogP contribution < -0.4 is 11.1 Å². The van der Waals surface area contributed by atoms with Crippen LogP contribution in [0.3, 0.4) is 0 Å². The van der Waals surface area contributed by atoms with Crippen LogP contribution in [-0.4, -0.2) is 35.3 Å². The fourth-order valence-corrected chi connectivity index (χ4v) is 5.44. The molecule has 0 radical (unpaired) electrons. The molecule has 0 bridgehead atoms. The molecule has 2 fully saturated rings. The fraction of sp³-hybridized carbons (Fsp3) is 0.550. The van der Waals surface area contributed by atoms with Gasteiger partial charge in [0.2, 0.25) is 5.91 Å². The van der Waals surface area contributed by atoms with Gasteiger partial charge in [-0.3, -0.25) is 9.59 Å². The van der Waals surface area contributed by atoms with Crippen molar-refractivity contribution in [2.45, 2.75) is 51.0 Å². The molecule has 3 N–H and O–H groups in total. The summed E-state index contributed by atoms with van der Waals surface area (Å²) < 4.78 is 0. The monoisotopic (exact) mass is 386 g/mol. The van der Waals surface area contributed by atoms with Crippen molar-refractivity contribution in [3.8, 4) is 0 Å². The number of aromatic nitrogens is 1. The molecular formula is C20H26N4O2S. The number of amides is 2. The molecule has 1 saturated carbocycles. The smallest absolute Gasteiger partial charge is 0.263 e. The van der Waals surface area contributed by atoms with E-state index in [0.29, 0.717) is 16.5 Å². The third-order valence-corrected chi connectivity index (χ3v) is 6.99. The van der Waals surface area contributed by atoms with Crippen LogP contribution in [0, 0.1) is 5.92 Å². The lowest BCUT2D eigenvalue weighted by Gasteiger charge is -2.37. The van der Waals surface area contributed by atoms with Gasteiger partial charge >= 0.3 is 0 Å². The van der Waals surface area contributed by atoms with Gasteiger partial charge in [0.15, 0.2) is 0 Å². The highest BCUT2D eigenvalue weighted by molar-refractivity contribution is 7.21. The molecule has 1 saturated heterocycles. The first-order valence-electron chi connectivity index (χ1n) is 9.81. The highest BCUT2D eigenvalue weighted by atomic mass is 32.1. The minimum Gasteiger partial charge on any atom is -0.397 e. The van der Waals surface area contributed by atoms with Gasteiger partial charge in [-0.2, -0.15) is 0 Å². The molecule has 4 rings (SSSR count). The summed E-state index contributed by atoms with van der Waals surface area (Å²) in [5.74, 6) is 0.301. The SMILES string of the molecule is CNC(=O)c1sc2nc([C@@H]3CCCCN3C(=O)C3CCCC3)ccc2c1N. The highest BCUT2D eigenvalue weighted by Crippen LogP contribution is 2.38. The molecule has 0 spiro atoms. The predicted octanol–water partition coefficient (Wildman–Crippen LogP) is 3.48. The van der Waals surface area contributed by atoms with E-state index in [0.717, 1.165) is 67.4 Å². The molecule has 3 heterocycles. The lowest BCUT2D eigenvalue weighted by Crippen LogP contribution is -2.41. The van der Waals surface area contributed by atoms with Gasteiger partial charge in [-0.25, -0.2) is 4.98 Å². The van der Waals surface area contributed by atoms with Crippen LogP contribution in [0.4, 0.5) is 5.69 Å². The number of nitrogens with two attached hydrogens (primary N) is 1.